The molecule has 3 aliphatic carbocycles. The van der Waals surface area contributed by atoms with Crippen molar-refractivity contribution in [3.05, 3.63) is 28.8 Å². The van der Waals surface area contributed by atoms with Gasteiger partial charge in [-0.2, -0.15) is 13.6 Å². The average Bonchev–Trinajstić information content (AvgIpc) is 3.05. The molecule has 1 aromatic rings. The van der Waals surface area contributed by atoms with Gasteiger partial charge in [0.15, 0.2) is 0 Å². The Hall–Kier alpha value is -1.11. The number of aryl methyl sites for hydroxylation is 2. The lowest BCUT2D eigenvalue weighted by Crippen LogP contribution is -2.46. The summed E-state index contributed by atoms with van der Waals surface area (Å²) in [5.74, 6) is 2.41. The SMILES string of the molecule is CCc1cc2c(cc1OS(N)(=O)=O)CC[C@@H]1[C@@H]2CC[C@]2(CC)[C@@H](OC)CC[C@@H]12. The maximum atomic E-state index is 11.5. The van der Waals surface area contributed by atoms with Gasteiger partial charge >= 0.3 is 10.3 Å². The van der Waals surface area contributed by atoms with Crippen molar-refractivity contribution in [2.45, 2.75) is 77.2 Å². The third-order valence-electron chi connectivity index (χ3n) is 8.07. The molecule has 28 heavy (non-hydrogen) atoms. The lowest BCUT2D eigenvalue weighted by molar-refractivity contribution is -0.0592. The number of hydrogen-bond acceptors (Lipinski definition) is 4. The number of hydrogen-bond donors (Lipinski definition) is 1. The van der Waals surface area contributed by atoms with Gasteiger partial charge in [0.05, 0.1) is 6.10 Å². The molecule has 0 unspecified atom stereocenters. The van der Waals surface area contributed by atoms with Gasteiger partial charge in [-0.1, -0.05) is 19.9 Å². The van der Waals surface area contributed by atoms with Gasteiger partial charge in [0.25, 0.3) is 0 Å². The number of benzene rings is 1. The van der Waals surface area contributed by atoms with Crippen LogP contribution in [0.25, 0.3) is 0 Å². The maximum Gasteiger partial charge on any atom is 0.380 e. The van der Waals surface area contributed by atoms with E-state index in [0.717, 1.165) is 24.3 Å². The van der Waals surface area contributed by atoms with Crippen molar-refractivity contribution in [3.63, 3.8) is 0 Å². The fraction of sp³-hybridized carbons (Fsp3) is 0.727. The van der Waals surface area contributed by atoms with Crippen LogP contribution in [0.1, 0.15) is 75.0 Å². The fourth-order valence-electron chi connectivity index (χ4n) is 6.91. The van der Waals surface area contributed by atoms with Crippen molar-refractivity contribution in [1.29, 1.82) is 0 Å². The smallest absolute Gasteiger partial charge is 0.380 e. The Kier molecular flexibility index (Phi) is 5.26. The normalized spacial score (nSPS) is 34.4. The summed E-state index contributed by atoms with van der Waals surface area (Å²) in [5.41, 5.74) is 3.93. The van der Waals surface area contributed by atoms with Crippen molar-refractivity contribution < 1.29 is 17.3 Å². The van der Waals surface area contributed by atoms with E-state index in [1.54, 1.807) is 0 Å². The van der Waals surface area contributed by atoms with Gasteiger partial charge in [0.1, 0.15) is 5.75 Å². The molecule has 0 saturated heterocycles. The van der Waals surface area contributed by atoms with E-state index in [2.05, 4.69) is 13.0 Å². The van der Waals surface area contributed by atoms with Crippen molar-refractivity contribution in [1.82, 2.24) is 0 Å². The molecule has 1 aromatic carbocycles. The Bertz CT molecular complexity index is 852. The van der Waals surface area contributed by atoms with Crippen LogP contribution in [-0.2, 0) is 27.9 Å². The molecule has 6 heteroatoms. The van der Waals surface area contributed by atoms with E-state index in [9.17, 15) is 8.42 Å². The molecule has 0 amide bonds. The van der Waals surface area contributed by atoms with E-state index in [1.165, 1.54) is 49.7 Å². The standard InChI is InChI=1S/C22H33NO4S/c1-4-14-12-18-15(13-20(14)27-28(23,24)25)6-7-17-16(18)10-11-22(5-2)19(17)8-9-21(22)26-3/h12-13,16-17,19,21H,4-11H2,1-3H3,(H2,23,24,25)/t16-,17+,19-,21-,22-/m0/s1. The van der Waals surface area contributed by atoms with Gasteiger partial charge in [0, 0.05) is 7.11 Å². The van der Waals surface area contributed by atoms with E-state index in [1.807, 2.05) is 20.1 Å². The Labute approximate surface area is 169 Å². The monoisotopic (exact) mass is 407 g/mol. The Balaban J connectivity index is 1.69. The third-order valence-corrected chi connectivity index (χ3v) is 8.48. The van der Waals surface area contributed by atoms with Crippen molar-refractivity contribution in [3.8, 4) is 5.75 Å². The number of fused-ring (bicyclic) bond motifs is 5. The zero-order valence-corrected chi connectivity index (χ0v) is 18.1. The number of nitrogens with two attached hydrogens (primary N) is 1. The number of ether oxygens (including phenoxy) is 1. The molecule has 0 radical (unpaired) electrons. The first-order chi connectivity index (χ1) is 13.3. The first-order valence-electron chi connectivity index (χ1n) is 10.7. The second-order valence-electron chi connectivity index (χ2n) is 8.93. The molecule has 156 valence electrons. The highest BCUT2D eigenvalue weighted by Crippen LogP contribution is 2.63. The lowest BCUT2D eigenvalue weighted by atomic mass is 9.54. The quantitative estimate of drug-likeness (QED) is 0.797. The minimum Gasteiger partial charge on any atom is -0.381 e. The molecule has 3 aliphatic rings. The van der Waals surface area contributed by atoms with Crippen LogP contribution in [0.4, 0.5) is 0 Å². The highest BCUT2D eigenvalue weighted by molar-refractivity contribution is 7.84. The summed E-state index contributed by atoms with van der Waals surface area (Å²) in [4.78, 5) is 0. The molecular formula is C22H33NO4S. The molecule has 5 nitrogen and oxygen atoms in total. The van der Waals surface area contributed by atoms with Crippen molar-refractivity contribution in [2.24, 2.45) is 22.4 Å². The van der Waals surface area contributed by atoms with E-state index >= 15 is 0 Å². The number of methoxy groups -OCH3 is 1. The summed E-state index contributed by atoms with van der Waals surface area (Å²) < 4.78 is 34.0. The summed E-state index contributed by atoms with van der Waals surface area (Å²) in [5, 5.41) is 5.13. The van der Waals surface area contributed by atoms with Gasteiger partial charge in [-0.3, -0.25) is 0 Å². The van der Waals surface area contributed by atoms with Crippen LogP contribution >= 0.6 is 0 Å². The predicted octanol–water partition coefficient (Wildman–Crippen LogP) is 4.09. The Morgan fingerprint density at radius 3 is 2.61 bits per heavy atom. The van der Waals surface area contributed by atoms with Gasteiger partial charge in [-0.25, -0.2) is 0 Å². The molecule has 2 N–H and O–H groups in total. The van der Waals surface area contributed by atoms with Gasteiger partial charge in [-0.15, -0.1) is 0 Å². The fourth-order valence-corrected chi connectivity index (χ4v) is 7.31. The van der Waals surface area contributed by atoms with Crippen LogP contribution in [0, 0.1) is 17.3 Å². The highest BCUT2D eigenvalue weighted by atomic mass is 32.2. The molecule has 0 aliphatic heterocycles. The Morgan fingerprint density at radius 1 is 1.18 bits per heavy atom. The van der Waals surface area contributed by atoms with E-state index in [4.69, 9.17) is 14.1 Å². The first kappa shape index (κ1) is 20.2. The van der Waals surface area contributed by atoms with Gasteiger partial charge in [0.2, 0.25) is 0 Å². The molecule has 0 aromatic heterocycles. The van der Waals surface area contributed by atoms with Gasteiger partial charge in [-0.05, 0) is 97.3 Å². The minimum atomic E-state index is -4.01. The summed E-state index contributed by atoms with van der Waals surface area (Å²) in [6.45, 7) is 4.37. The van der Waals surface area contributed by atoms with Crippen molar-refractivity contribution in [2.75, 3.05) is 7.11 Å². The summed E-state index contributed by atoms with van der Waals surface area (Å²) in [7, 11) is -2.12. The summed E-state index contributed by atoms with van der Waals surface area (Å²) >= 11 is 0. The second-order valence-corrected chi connectivity index (χ2v) is 10.1. The molecule has 0 spiro atoms. The third kappa shape index (κ3) is 3.17. The minimum absolute atomic E-state index is 0.345. The summed E-state index contributed by atoms with van der Waals surface area (Å²) in [6.07, 6.45) is 9.36. The Morgan fingerprint density at radius 2 is 1.96 bits per heavy atom. The molecule has 0 bridgehead atoms. The molecule has 2 fully saturated rings. The van der Waals surface area contributed by atoms with Crippen molar-refractivity contribution >= 4 is 10.3 Å². The van der Waals surface area contributed by atoms with Gasteiger partial charge < -0.3 is 8.92 Å². The lowest BCUT2D eigenvalue weighted by Gasteiger charge is -2.52. The molecule has 2 saturated carbocycles. The van der Waals surface area contributed by atoms with Crippen LogP contribution in [0.5, 0.6) is 5.75 Å². The molecule has 4 rings (SSSR count). The van der Waals surface area contributed by atoms with Crippen LogP contribution in [0.3, 0.4) is 0 Å². The van der Waals surface area contributed by atoms with E-state index < -0.39 is 10.3 Å². The van der Waals surface area contributed by atoms with Crippen LogP contribution in [-0.4, -0.2) is 21.6 Å². The largest absolute Gasteiger partial charge is 0.381 e. The summed E-state index contributed by atoms with van der Waals surface area (Å²) in [6, 6.07) is 4.14. The van der Waals surface area contributed by atoms with E-state index in [-0.39, 0.29) is 0 Å². The maximum absolute atomic E-state index is 11.5. The second kappa shape index (κ2) is 7.29. The first-order valence-corrected chi connectivity index (χ1v) is 12.2. The predicted molar refractivity (Wildman–Crippen MR) is 110 cm³/mol. The number of rotatable bonds is 5. The molecule has 5 atom stereocenters. The van der Waals surface area contributed by atoms with E-state index in [0.29, 0.717) is 29.1 Å². The highest BCUT2D eigenvalue weighted by Gasteiger charge is 2.56. The van der Waals surface area contributed by atoms with Crippen LogP contribution < -0.4 is 9.32 Å². The topological polar surface area (TPSA) is 78.6 Å². The molecular weight excluding hydrogens is 374 g/mol. The average molecular weight is 408 g/mol. The zero-order valence-electron chi connectivity index (χ0n) is 17.2. The molecule has 0 heterocycles. The zero-order chi connectivity index (χ0) is 20.1. The van der Waals surface area contributed by atoms with Crippen LogP contribution in [0.2, 0.25) is 0 Å². The van der Waals surface area contributed by atoms with Crippen LogP contribution in [0.15, 0.2) is 12.1 Å².